The number of nitrogens with zero attached hydrogens (tertiary/aromatic N) is 2. The zero-order valence-corrected chi connectivity index (χ0v) is 13.0. The van der Waals surface area contributed by atoms with Crippen LogP contribution < -0.4 is 4.74 Å². The van der Waals surface area contributed by atoms with Crippen LogP contribution in [0.3, 0.4) is 0 Å². The Hall–Kier alpha value is -1.61. The standard InChI is InChI=1S/C17H19ClN2O/c1-2-5-16-19-15(18)11-17(20-16)21-14-9-8-12-6-3-4-7-13(12)10-14/h8-11H,2-7H2,1H3. The van der Waals surface area contributed by atoms with E-state index < -0.39 is 0 Å². The van der Waals surface area contributed by atoms with Crippen LogP contribution in [0.5, 0.6) is 11.6 Å². The van der Waals surface area contributed by atoms with Crippen molar-refractivity contribution in [1.29, 1.82) is 0 Å². The summed E-state index contributed by atoms with van der Waals surface area (Å²) >= 11 is 6.04. The number of hydrogen-bond acceptors (Lipinski definition) is 3. The lowest BCUT2D eigenvalue weighted by atomic mass is 9.92. The number of rotatable bonds is 4. The first kappa shape index (κ1) is 14.3. The summed E-state index contributed by atoms with van der Waals surface area (Å²) < 4.78 is 5.88. The maximum absolute atomic E-state index is 6.04. The van der Waals surface area contributed by atoms with Gasteiger partial charge in [0.25, 0.3) is 0 Å². The smallest absolute Gasteiger partial charge is 0.224 e. The summed E-state index contributed by atoms with van der Waals surface area (Å²) in [5.41, 5.74) is 2.84. The van der Waals surface area contributed by atoms with E-state index in [0.717, 1.165) is 30.8 Å². The molecule has 3 nitrogen and oxygen atoms in total. The third kappa shape index (κ3) is 3.53. The second kappa shape index (κ2) is 6.44. The number of benzene rings is 1. The van der Waals surface area contributed by atoms with Crippen molar-refractivity contribution in [2.24, 2.45) is 0 Å². The van der Waals surface area contributed by atoms with E-state index >= 15 is 0 Å². The third-order valence-corrected chi connectivity index (χ3v) is 3.93. The van der Waals surface area contributed by atoms with Crippen molar-refractivity contribution < 1.29 is 4.74 Å². The van der Waals surface area contributed by atoms with E-state index in [1.807, 2.05) is 6.07 Å². The largest absolute Gasteiger partial charge is 0.439 e. The molecule has 4 heteroatoms. The molecule has 0 atom stereocenters. The van der Waals surface area contributed by atoms with Crippen molar-refractivity contribution >= 4 is 11.6 Å². The minimum Gasteiger partial charge on any atom is -0.439 e. The lowest BCUT2D eigenvalue weighted by molar-refractivity contribution is 0.456. The fraction of sp³-hybridized carbons (Fsp3) is 0.412. The van der Waals surface area contributed by atoms with Crippen molar-refractivity contribution in [3.63, 3.8) is 0 Å². The van der Waals surface area contributed by atoms with E-state index in [-0.39, 0.29) is 0 Å². The predicted molar refractivity (Wildman–Crippen MR) is 84.2 cm³/mol. The maximum atomic E-state index is 6.04. The lowest BCUT2D eigenvalue weighted by Gasteiger charge is -2.16. The van der Waals surface area contributed by atoms with E-state index in [1.54, 1.807) is 6.07 Å². The summed E-state index contributed by atoms with van der Waals surface area (Å²) in [5.74, 6) is 2.08. The summed E-state index contributed by atoms with van der Waals surface area (Å²) in [5, 5.41) is 0.432. The first-order valence-corrected chi connectivity index (χ1v) is 7.95. The predicted octanol–water partition coefficient (Wildman–Crippen LogP) is 4.75. The second-order valence-corrected chi connectivity index (χ2v) is 5.82. The van der Waals surface area contributed by atoms with Gasteiger partial charge in [-0.1, -0.05) is 24.6 Å². The Morgan fingerprint density at radius 2 is 1.90 bits per heavy atom. The van der Waals surface area contributed by atoms with Crippen LogP contribution in [0.25, 0.3) is 0 Å². The van der Waals surface area contributed by atoms with Crippen LogP contribution in [0, 0.1) is 0 Å². The zero-order valence-electron chi connectivity index (χ0n) is 12.2. The molecule has 0 unspecified atom stereocenters. The maximum Gasteiger partial charge on any atom is 0.224 e. The molecule has 0 radical (unpaired) electrons. The molecule has 1 aromatic heterocycles. The average Bonchev–Trinajstić information content (AvgIpc) is 2.47. The van der Waals surface area contributed by atoms with E-state index in [0.29, 0.717) is 11.0 Å². The van der Waals surface area contributed by atoms with Gasteiger partial charge in [0.1, 0.15) is 16.7 Å². The van der Waals surface area contributed by atoms with Crippen molar-refractivity contribution in [3.8, 4) is 11.6 Å². The Kier molecular flexibility index (Phi) is 4.39. The van der Waals surface area contributed by atoms with Gasteiger partial charge in [-0.2, -0.15) is 4.98 Å². The molecule has 0 N–H and O–H groups in total. The molecule has 0 bridgehead atoms. The van der Waals surface area contributed by atoms with Gasteiger partial charge in [0, 0.05) is 12.5 Å². The van der Waals surface area contributed by atoms with Crippen LogP contribution in [0.4, 0.5) is 0 Å². The average molecular weight is 303 g/mol. The van der Waals surface area contributed by atoms with Gasteiger partial charge in [0.15, 0.2) is 0 Å². The van der Waals surface area contributed by atoms with E-state index in [2.05, 4.69) is 29.0 Å². The molecule has 0 aliphatic heterocycles. The van der Waals surface area contributed by atoms with E-state index in [1.165, 1.54) is 30.4 Å². The summed E-state index contributed by atoms with van der Waals surface area (Å²) in [6.07, 6.45) is 6.65. The molecule has 0 amide bonds. The second-order valence-electron chi connectivity index (χ2n) is 5.43. The van der Waals surface area contributed by atoms with E-state index in [4.69, 9.17) is 16.3 Å². The molecule has 0 saturated carbocycles. The minimum absolute atomic E-state index is 0.432. The first-order chi connectivity index (χ1) is 10.2. The highest BCUT2D eigenvalue weighted by molar-refractivity contribution is 6.29. The van der Waals surface area contributed by atoms with Crippen LogP contribution in [0.2, 0.25) is 5.15 Å². The van der Waals surface area contributed by atoms with Crippen LogP contribution in [0.1, 0.15) is 43.1 Å². The van der Waals surface area contributed by atoms with Gasteiger partial charge in [-0.3, -0.25) is 0 Å². The molecule has 1 aliphatic rings. The topological polar surface area (TPSA) is 35.0 Å². The summed E-state index contributed by atoms with van der Waals surface area (Å²) in [4.78, 5) is 8.62. The fourth-order valence-corrected chi connectivity index (χ4v) is 2.91. The number of hydrogen-bond donors (Lipinski definition) is 0. The SMILES string of the molecule is CCCc1nc(Cl)cc(Oc2ccc3c(c2)CCCC3)n1. The Morgan fingerprint density at radius 3 is 2.71 bits per heavy atom. The monoisotopic (exact) mass is 302 g/mol. The molecule has 1 aromatic carbocycles. The normalized spacial score (nSPS) is 13.8. The summed E-state index contributed by atoms with van der Waals surface area (Å²) in [6.45, 7) is 2.09. The number of ether oxygens (including phenoxy) is 1. The highest BCUT2D eigenvalue weighted by Gasteiger charge is 2.11. The number of aryl methyl sites for hydroxylation is 3. The van der Waals surface area contributed by atoms with Crippen molar-refractivity contribution in [3.05, 3.63) is 46.4 Å². The Morgan fingerprint density at radius 1 is 1.10 bits per heavy atom. The summed E-state index contributed by atoms with van der Waals surface area (Å²) in [7, 11) is 0. The molecule has 2 aromatic rings. The molecule has 1 heterocycles. The van der Waals surface area contributed by atoms with Crippen LogP contribution in [-0.2, 0) is 19.3 Å². The van der Waals surface area contributed by atoms with Crippen LogP contribution >= 0.6 is 11.6 Å². The van der Waals surface area contributed by atoms with Crippen LogP contribution in [0.15, 0.2) is 24.3 Å². The van der Waals surface area contributed by atoms with Gasteiger partial charge in [0.2, 0.25) is 5.88 Å². The van der Waals surface area contributed by atoms with E-state index in [9.17, 15) is 0 Å². The number of halogens is 1. The zero-order chi connectivity index (χ0) is 14.7. The third-order valence-electron chi connectivity index (χ3n) is 3.73. The molecule has 21 heavy (non-hydrogen) atoms. The van der Waals surface area contributed by atoms with Gasteiger partial charge in [-0.15, -0.1) is 0 Å². The van der Waals surface area contributed by atoms with Crippen LogP contribution in [-0.4, -0.2) is 9.97 Å². The molecule has 0 spiro atoms. The Labute approximate surface area is 130 Å². The Bertz CT molecular complexity index is 643. The van der Waals surface area contributed by atoms with Crippen molar-refractivity contribution in [2.75, 3.05) is 0 Å². The molecule has 0 fully saturated rings. The molecular formula is C17H19ClN2O. The van der Waals surface area contributed by atoms with Gasteiger partial charge < -0.3 is 4.74 Å². The van der Waals surface area contributed by atoms with Gasteiger partial charge in [0.05, 0.1) is 0 Å². The minimum atomic E-state index is 0.432. The van der Waals surface area contributed by atoms with Gasteiger partial charge in [-0.25, -0.2) is 4.98 Å². The summed E-state index contributed by atoms with van der Waals surface area (Å²) in [6, 6.07) is 7.98. The van der Waals surface area contributed by atoms with Gasteiger partial charge in [-0.05, 0) is 55.4 Å². The number of fused-ring (bicyclic) bond motifs is 1. The molecule has 3 rings (SSSR count). The fourth-order valence-electron chi connectivity index (χ4n) is 2.72. The highest BCUT2D eigenvalue weighted by Crippen LogP contribution is 2.28. The molecule has 1 aliphatic carbocycles. The Balaban J connectivity index is 1.83. The lowest BCUT2D eigenvalue weighted by Crippen LogP contribution is -2.03. The van der Waals surface area contributed by atoms with Gasteiger partial charge >= 0.3 is 0 Å². The van der Waals surface area contributed by atoms with Crippen molar-refractivity contribution in [2.45, 2.75) is 45.4 Å². The van der Waals surface area contributed by atoms with Crippen molar-refractivity contribution in [1.82, 2.24) is 9.97 Å². The quantitative estimate of drug-likeness (QED) is 0.764. The number of aromatic nitrogens is 2. The molecule has 0 saturated heterocycles. The highest BCUT2D eigenvalue weighted by atomic mass is 35.5. The molecular weight excluding hydrogens is 284 g/mol. The molecule has 110 valence electrons. The first-order valence-electron chi connectivity index (χ1n) is 7.57.